The molecule has 0 aliphatic carbocycles. The van der Waals surface area contributed by atoms with E-state index in [1.807, 2.05) is 12.1 Å². The van der Waals surface area contributed by atoms with Gasteiger partial charge in [0.05, 0.1) is 22.2 Å². The lowest BCUT2D eigenvalue weighted by atomic mass is 9.85. The summed E-state index contributed by atoms with van der Waals surface area (Å²) in [6, 6.07) is 7.02. The Morgan fingerprint density at radius 1 is 0.500 bits per heavy atom. The zero-order valence-corrected chi connectivity index (χ0v) is 25.7. The molecule has 4 heterocycles. The highest BCUT2D eigenvalue weighted by atomic mass is 16.2. The Balaban J connectivity index is 1.48. The van der Waals surface area contributed by atoms with E-state index < -0.39 is 0 Å². The van der Waals surface area contributed by atoms with E-state index in [1.165, 1.54) is 9.80 Å². The van der Waals surface area contributed by atoms with Crippen molar-refractivity contribution < 1.29 is 19.2 Å². The normalized spacial score (nSPS) is 15.1. The van der Waals surface area contributed by atoms with Gasteiger partial charge in [0.15, 0.2) is 0 Å². The lowest BCUT2D eigenvalue weighted by Gasteiger charge is -2.35. The summed E-state index contributed by atoms with van der Waals surface area (Å²) in [6.07, 6.45) is 9.69. The largest absolute Gasteiger partial charge is 0.271 e. The number of carbonyl (C=O) groups excluding carboxylic acids is 4. The average molecular weight is 589 g/mol. The van der Waals surface area contributed by atoms with Crippen LogP contribution in [0.25, 0.3) is 43.4 Å². The summed E-state index contributed by atoms with van der Waals surface area (Å²) in [5, 5.41) is 4.13. The summed E-state index contributed by atoms with van der Waals surface area (Å²) in [5.74, 6) is -1.15. The van der Waals surface area contributed by atoms with E-state index in [4.69, 9.17) is 9.97 Å². The van der Waals surface area contributed by atoms with Crippen molar-refractivity contribution >= 4 is 67.0 Å². The average Bonchev–Trinajstić information content (AvgIpc) is 3.02. The number of nitrogens with zero attached hydrogens (tertiary/aromatic N) is 4. The minimum Gasteiger partial charge on any atom is -0.271 e. The highest BCUT2D eigenvalue weighted by Crippen LogP contribution is 2.45. The predicted molar refractivity (Wildman–Crippen MR) is 171 cm³/mol. The number of fused-ring (bicyclic) bond motifs is 2. The van der Waals surface area contributed by atoms with Crippen LogP contribution in [0.5, 0.6) is 0 Å². The third kappa shape index (κ3) is 3.75. The molecule has 0 saturated heterocycles. The Hall–Kier alpha value is -4.46. The zero-order valence-electron chi connectivity index (χ0n) is 25.7. The second-order valence-corrected chi connectivity index (χ2v) is 12.3. The SMILES string of the molecule is CCCC(CCC)N1C(=O)c2ccc3c4ncc5c6c(ccc(c7ncc(c2c37)C1=O)c64)C(=O)N(C(CCC)CCC)C5=O. The van der Waals surface area contributed by atoms with Gasteiger partial charge in [-0.05, 0) is 37.8 Å². The molecule has 8 nitrogen and oxygen atoms in total. The minimum atomic E-state index is -0.306. The fourth-order valence-electron chi connectivity index (χ4n) is 7.76. The van der Waals surface area contributed by atoms with E-state index in [9.17, 15) is 19.2 Å². The number of imide groups is 2. The van der Waals surface area contributed by atoms with Gasteiger partial charge in [-0.2, -0.15) is 0 Å². The number of pyridine rings is 2. The van der Waals surface area contributed by atoms with Crippen molar-refractivity contribution in [1.82, 2.24) is 19.8 Å². The molecule has 4 amide bonds. The van der Waals surface area contributed by atoms with Gasteiger partial charge < -0.3 is 0 Å². The number of aromatic nitrogens is 2. The molecule has 3 aromatic carbocycles. The third-order valence-corrected chi connectivity index (χ3v) is 9.59. The van der Waals surface area contributed by atoms with Crippen molar-refractivity contribution in [3.63, 3.8) is 0 Å². The number of hydrogen-bond donors (Lipinski definition) is 0. The van der Waals surface area contributed by atoms with E-state index in [0.29, 0.717) is 54.8 Å². The van der Waals surface area contributed by atoms with Gasteiger partial charge in [0, 0.05) is 67.9 Å². The lowest BCUT2D eigenvalue weighted by Crippen LogP contribution is -2.47. The van der Waals surface area contributed by atoms with Crippen LogP contribution in [0.4, 0.5) is 0 Å². The van der Waals surface area contributed by atoms with Gasteiger partial charge in [-0.1, -0.05) is 65.5 Å². The Morgan fingerprint density at radius 2 is 0.841 bits per heavy atom. The van der Waals surface area contributed by atoms with Gasteiger partial charge in [0.25, 0.3) is 23.6 Å². The number of rotatable bonds is 10. The predicted octanol–water partition coefficient (Wildman–Crippen LogP) is 7.66. The maximum atomic E-state index is 13.9. The molecular formula is C36H36N4O4. The van der Waals surface area contributed by atoms with Crippen molar-refractivity contribution in [3.8, 4) is 0 Å². The smallest absolute Gasteiger partial charge is 0.263 e. The summed E-state index contributed by atoms with van der Waals surface area (Å²) in [7, 11) is 0. The quantitative estimate of drug-likeness (QED) is 0.0943. The molecule has 2 aliphatic heterocycles. The second-order valence-electron chi connectivity index (χ2n) is 12.3. The van der Waals surface area contributed by atoms with Gasteiger partial charge in [-0.15, -0.1) is 0 Å². The Kier molecular flexibility index (Phi) is 6.83. The molecule has 0 spiro atoms. The minimum absolute atomic E-state index is 0.164. The Morgan fingerprint density at radius 3 is 1.18 bits per heavy atom. The fourth-order valence-corrected chi connectivity index (χ4v) is 7.76. The summed E-state index contributed by atoms with van der Waals surface area (Å²) >= 11 is 0. The molecule has 5 aromatic rings. The van der Waals surface area contributed by atoms with Crippen molar-refractivity contribution in [2.75, 3.05) is 0 Å². The molecule has 224 valence electrons. The van der Waals surface area contributed by atoms with Gasteiger partial charge in [-0.3, -0.25) is 38.9 Å². The summed E-state index contributed by atoms with van der Waals surface area (Å²) < 4.78 is 0. The molecule has 0 atom stereocenters. The molecule has 2 aromatic heterocycles. The fraction of sp³-hybridized carbons (Fsp3) is 0.389. The molecule has 44 heavy (non-hydrogen) atoms. The third-order valence-electron chi connectivity index (χ3n) is 9.59. The van der Waals surface area contributed by atoms with E-state index in [1.54, 1.807) is 24.5 Å². The molecule has 0 radical (unpaired) electrons. The maximum absolute atomic E-state index is 13.9. The molecule has 0 fully saturated rings. The van der Waals surface area contributed by atoms with Crippen molar-refractivity contribution in [1.29, 1.82) is 0 Å². The van der Waals surface area contributed by atoms with Crippen LogP contribution in [0.1, 0.15) is 120 Å². The van der Waals surface area contributed by atoms with Crippen LogP contribution >= 0.6 is 0 Å². The molecule has 0 unspecified atom stereocenters. The van der Waals surface area contributed by atoms with Crippen molar-refractivity contribution in [2.45, 2.75) is 91.1 Å². The van der Waals surface area contributed by atoms with Crippen LogP contribution in [-0.4, -0.2) is 55.5 Å². The Labute approximate surface area is 255 Å². The van der Waals surface area contributed by atoms with Crippen LogP contribution < -0.4 is 0 Å². The lowest BCUT2D eigenvalue weighted by molar-refractivity contribution is 0.0504. The van der Waals surface area contributed by atoms with E-state index >= 15 is 0 Å². The van der Waals surface area contributed by atoms with Gasteiger partial charge in [0.1, 0.15) is 0 Å². The first-order valence-electron chi connectivity index (χ1n) is 16.1. The summed E-state index contributed by atoms with van der Waals surface area (Å²) in [6.45, 7) is 8.26. The van der Waals surface area contributed by atoms with Gasteiger partial charge >= 0.3 is 0 Å². The van der Waals surface area contributed by atoms with E-state index in [-0.39, 0.29) is 35.7 Å². The molecule has 0 saturated carbocycles. The van der Waals surface area contributed by atoms with Crippen LogP contribution in [-0.2, 0) is 0 Å². The van der Waals surface area contributed by atoms with Crippen LogP contribution in [0.15, 0.2) is 36.7 Å². The van der Waals surface area contributed by atoms with Crippen molar-refractivity contribution in [2.24, 2.45) is 0 Å². The number of benzene rings is 3. The zero-order chi connectivity index (χ0) is 30.9. The topological polar surface area (TPSA) is 101 Å². The van der Waals surface area contributed by atoms with Crippen LogP contribution in [0, 0.1) is 0 Å². The molecule has 0 N–H and O–H groups in total. The number of carbonyl (C=O) groups is 4. The summed E-state index contributed by atoms with van der Waals surface area (Å²) in [5.41, 5.74) is 3.09. The summed E-state index contributed by atoms with van der Waals surface area (Å²) in [4.78, 5) is 68.3. The first-order valence-corrected chi connectivity index (χ1v) is 16.1. The van der Waals surface area contributed by atoms with Gasteiger partial charge in [0.2, 0.25) is 0 Å². The molecular weight excluding hydrogens is 552 g/mol. The monoisotopic (exact) mass is 588 g/mol. The number of hydrogen-bond acceptors (Lipinski definition) is 6. The van der Waals surface area contributed by atoms with Crippen LogP contribution in [0.2, 0.25) is 0 Å². The van der Waals surface area contributed by atoms with Gasteiger partial charge in [-0.25, -0.2) is 0 Å². The first-order chi connectivity index (χ1) is 21.4. The molecule has 7 rings (SSSR count). The standard InChI is InChI=1S/C36H36N4O4/c1-5-9-19(10-6-2)39-33(41)23-15-13-21-29-27(23)25(35(39)43)17-37-31(29)22-14-16-24-28-26(18-38-32(21)30(22)28)36(44)40(34(24)42)20(11-7-3)12-8-4/h13-20H,5-12H2,1-4H3. The maximum Gasteiger partial charge on any atom is 0.263 e. The Bertz CT molecular complexity index is 1750. The highest BCUT2D eigenvalue weighted by molar-refractivity contribution is 6.39. The van der Waals surface area contributed by atoms with Crippen LogP contribution in [0.3, 0.4) is 0 Å². The molecule has 0 bridgehead atoms. The highest BCUT2D eigenvalue weighted by Gasteiger charge is 2.40. The second kappa shape index (κ2) is 10.6. The molecule has 2 aliphatic rings. The van der Waals surface area contributed by atoms with Crippen molar-refractivity contribution in [3.05, 3.63) is 58.9 Å². The first kappa shape index (κ1) is 28.3. The van der Waals surface area contributed by atoms with E-state index in [2.05, 4.69) is 27.7 Å². The van der Waals surface area contributed by atoms with E-state index in [0.717, 1.165) is 62.1 Å². The number of amides is 4. The molecule has 8 heteroatoms.